The Bertz CT molecular complexity index is 187. The van der Waals surface area contributed by atoms with Gasteiger partial charge in [0.2, 0.25) is 0 Å². The van der Waals surface area contributed by atoms with Crippen LogP contribution in [0.3, 0.4) is 0 Å². The van der Waals surface area contributed by atoms with Gasteiger partial charge in [-0.2, -0.15) is 0 Å². The van der Waals surface area contributed by atoms with Crippen molar-refractivity contribution in [3.8, 4) is 0 Å². The summed E-state index contributed by atoms with van der Waals surface area (Å²) in [5.74, 6) is 0.554. The van der Waals surface area contributed by atoms with Crippen LogP contribution >= 0.6 is 0 Å². The van der Waals surface area contributed by atoms with Crippen LogP contribution in [0.15, 0.2) is 4.99 Å². The number of rotatable bonds is 11. The van der Waals surface area contributed by atoms with Crippen molar-refractivity contribution >= 4 is 5.96 Å². The molecular formula is C12H27N3O2. The number of guanidine groups is 1. The molecule has 0 saturated heterocycles. The van der Waals surface area contributed by atoms with Crippen molar-refractivity contribution in [3.63, 3.8) is 0 Å². The van der Waals surface area contributed by atoms with E-state index in [1.807, 2.05) is 0 Å². The number of nitrogens with zero attached hydrogens (tertiary/aromatic N) is 1. The molecule has 0 unspecified atom stereocenters. The van der Waals surface area contributed by atoms with Crippen LogP contribution in [0.1, 0.15) is 32.6 Å². The maximum atomic E-state index is 5.69. The van der Waals surface area contributed by atoms with Crippen LogP contribution in [0.5, 0.6) is 0 Å². The molecule has 0 aromatic carbocycles. The Labute approximate surface area is 105 Å². The summed E-state index contributed by atoms with van der Waals surface area (Å²) in [7, 11) is 1.67. The van der Waals surface area contributed by atoms with Gasteiger partial charge in [0.15, 0.2) is 5.96 Å². The number of unbranched alkanes of at least 4 members (excludes halogenated alkanes) is 2. The number of nitrogens with one attached hydrogen (secondary N) is 1. The van der Waals surface area contributed by atoms with Gasteiger partial charge in [-0.25, -0.2) is 0 Å². The summed E-state index contributed by atoms with van der Waals surface area (Å²) in [6, 6.07) is 0. The summed E-state index contributed by atoms with van der Waals surface area (Å²) < 4.78 is 10.2. The second-order valence-electron chi connectivity index (χ2n) is 3.86. The summed E-state index contributed by atoms with van der Waals surface area (Å²) in [6.45, 7) is 5.91. The molecule has 3 N–H and O–H groups in total. The van der Waals surface area contributed by atoms with Crippen LogP contribution < -0.4 is 11.1 Å². The smallest absolute Gasteiger partial charge is 0.188 e. The Morgan fingerprint density at radius 2 is 2.00 bits per heavy atom. The van der Waals surface area contributed by atoms with Crippen LogP contribution in [0, 0.1) is 0 Å². The van der Waals surface area contributed by atoms with Crippen LogP contribution in [0.2, 0.25) is 0 Å². The number of nitrogens with two attached hydrogens (primary N) is 1. The number of hydrogen-bond donors (Lipinski definition) is 2. The Kier molecular flexibility index (Phi) is 12.6. The standard InChI is InChI=1S/C12H27N3O2/c1-3-4-7-14-12(13)15-8-5-6-9-17-11-10-16-2/h3-11H2,1-2H3,(H3,13,14,15). The van der Waals surface area contributed by atoms with Gasteiger partial charge in [-0.05, 0) is 19.3 Å². The highest BCUT2D eigenvalue weighted by atomic mass is 16.5. The van der Waals surface area contributed by atoms with E-state index in [2.05, 4.69) is 17.2 Å². The zero-order valence-corrected chi connectivity index (χ0v) is 11.2. The van der Waals surface area contributed by atoms with E-state index in [4.69, 9.17) is 15.2 Å². The normalized spacial score (nSPS) is 11.8. The third-order valence-electron chi connectivity index (χ3n) is 2.25. The number of aliphatic imine (C=N–C) groups is 1. The Morgan fingerprint density at radius 3 is 2.71 bits per heavy atom. The first-order valence-corrected chi connectivity index (χ1v) is 6.41. The lowest BCUT2D eigenvalue weighted by molar-refractivity contribution is 0.0690. The van der Waals surface area contributed by atoms with Gasteiger partial charge in [-0.3, -0.25) is 4.99 Å². The highest BCUT2D eigenvalue weighted by molar-refractivity contribution is 5.77. The molecule has 0 aromatic heterocycles. The molecule has 0 fully saturated rings. The Morgan fingerprint density at radius 1 is 1.18 bits per heavy atom. The van der Waals surface area contributed by atoms with Gasteiger partial charge in [0, 0.05) is 26.8 Å². The zero-order chi connectivity index (χ0) is 12.8. The van der Waals surface area contributed by atoms with Gasteiger partial charge < -0.3 is 20.5 Å². The topological polar surface area (TPSA) is 68.9 Å². The van der Waals surface area contributed by atoms with E-state index in [-0.39, 0.29) is 0 Å². The summed E-state index contributed by atoms with van der Waals surface area (Å²) >= 11 is 0. The summed E-state index contributed by atoms with van der Waals surface area (Å²) in [5, 5.41) is 3.08. The highest BCUT2D eigenvalue weighted by Gasteiger charge is 1.92. The fraction of sp³-hybridized carbons (Fsp3) is 0.917. The molecule has 0 saturated carbocycles. The van der Waals surface area contributed by atoms with Gasteiger partial charge in [-0.1, -0.05) is 13.3 Å². The summed E-state index contributed by atoms with van der Waals surface area (Å²) in [5.41, 5.74) is 5.69. The summed E-state index contributed by atoms with van der Waals surface area (Å²) in [6.07, 6.45) is 4.31. The van der Waals surface area contributed by atoms with Gasteiger partial charge in [0.25, 0.3) is 0 Å². The molecule has 0 heterocycles. The molecule has 0 aliphatic heterocycles. The lowest BCUT2D eigenvalue weighted by Gasteiger charge is -2.04. The molecule has 0 spiro atoms. The second-order valence-corrected chi connectivity index (χ2v) is 3.86. The van der Waals surface area contributed by atoms with Gasteiger partial charge in [0.05, 0.1) is 13.2 Å². The molecule has 0 aromatic rings. The maximum Gasteiger partial charge on any atom is 0.188 e. The van der Waals surface area contributed by atoms with Crippen molar-refractivity contribution in [2.24, 2.45) is 10.7 Å². The lowest BCUT2D eigenvalue weighted by atomic mass is 10.3. The lowest BCUT2D eigenvalue weighted by Crippen LogP contribution is -2.32. The minimum atomic E-state index is 0.554. The molecule has 0 amide bonds. The van der Waals surface area contributed by atoms with Gasteiger partial charge >= 0.3 is 0 Å². The van der Waals surface area contributed by atoms with Crippen LogP contribution in [0.25, 0.3) is 0 Å². The van der Waals surface area contributed by atoms with Crippen LogP contribution in [0.4, 0.5) is 0 Å². The molecule has 0 aliphatic rings. The molecule has 0 bridgehead atoms. The molecule has 0 radical (unpaired) electrons. The van der Waals surface area contributed by atoms with Crippen molar-refractivity contribution in [3.05, 3.63) is 0 Å². The average Bonchev–Trinajstić information content (AvgIpc) is 2.33. The quantitative estimate of drug-likeness (QED) is 0.325. The Balaban J connectivity index is 3.22. The predicted molar refractivity (Wildman–Crippen MR) is 71.3 cm³/mol. The minimum absolute atomic E-state index is 0.554. The van der Waals surface area contributed by atoms with E-state index in [1.54, 1.807) is 7.11 Å². The van der Waals surface area contributed by atoms with E-state index in [0.29, 0.717) is 19.2 Å². The van der Waals surface area contributed by atoms with Crippen molar-refractivity contribution in [2.75, 3.05) is 40.0 Å². The van der Waals surface area contributed by atoms with Crippen LogP contribution in [-0.2, 0) is 9.47 Å². The van der Waals surface area contributed by atoms with Crippen LogP contribution in [-0.4, -0.2) is 46.0 Å². The average molecular weight is 245 g/mol. The molecular weight excluding hydrogens is 218 g/mol. The molecule has 5 heteroatoms. The first-order valence-electron chi connectivity index (χ1n) is 6.41. The van der Waals surface area contributed by atoms with Crippen molar-refractivity contribution < 1.29 is 9.47 Å². The zero-order valence-electron chi connectivity index (χ0n) is 11.2. The SMILES string of the molecule is CCCCNC(N)=NCCCCOCCOC. The van der Waals surface area contributed by atoms with E-state index in [0.717, 1.165) is 39.0 Å². The molecule has 0 atom stereocenters. The molecule has 102 valence electrons. The molecule has 0 aliphatic carbocycles. The molecule has 5 nitrogen and oxygen atoms in total. The second kappa shape index (κ2) is 13.3. The number of hydrogen-bond acceptors (Lipinski definition) is 3. The summed E-state index contributed by atoms with van der Waals surface area (Å²) in [4.78, 5) is 4.23. The fourth-order valence-electron chi connectivity index (χ4n) is 1.21. The monoisotopic (exact) mass is 245 g/mol. The fourth-order valence-corrected chi connectivity index (χ4v) is 1.21. The largest absolute Gasteiger partial charge is 0.382 e. The minimum Gasteiger partial charge on any atom is -0.382 e. The number of ether oxygens (including phenoxy) is 2. The third kappa shape index (κ3) is 13.1. The van der Waals surface area contributed by atoms with E-state index in [1.165, 1.54) is 6.42 Å². The third-order valence-corrected chi connectivity index (χ3v) is 2.25. The van der Waals surface area contributed by atoms with Gasteiger partial charge in [0.1, 0.15) is 0 Å². The Hall–Kier alpha value is -0.810. The van der Waals surface area contributed by atoms with E-state index < -0.39 is 0 Å². The first-order chi connectivity index (χ1) is 8.31. The molecule has 0 rings (SSSR count). The maximum absolute atomic E-state index is 5.69. The first kappa shape index (κ1) is 16.2. The van der Waals surface area contributed by atoms with Crippen molar-refractivity contribution in [2.45, 2.75) is 32.6 Å². The van der Waals surface area contributed by atoms with E-state index in [9.17, 15) is 0 Å². The number of methoxy groups -OCH3 is 1. The molecule has 17 heavy (non-hydrogen) atoms. The predicted octanol–water partition coefficient (Wildman–Crippen LogP) is 1.13. The highest BCUT2D eigenvalue weighted by Crippen LogP contribution is 1.91. The van der Waals surface area contributed by atoms with Crippen molar-refractivity contribution in [1.29, 1.82) is 0 Å². The van der Waals surface area contributed by atoms with Gasteiger partial charge in [-0.15, -0.1) is 0 Å². The van der Waals surface area contributed by atoms with Crippen molar-refractivity contribution in [1.82, 2.24) is 5.32 Å². The van der Waals surface area contributed by atoms with E-state index >= 15 is 0 Å².